The van der Waals surface area contributed by atoms with Crippen molar-refractivity contribution < 1.29 is 13.2 Å². The lowest BCUT2D eigenvalue weighted by Crippen LogP contribution is -2.48. The summed E-state index contributed by atoms with van der Waals surface area (Å²) in [6.07, 6.45) is 4.19. The van der Waals surface area contributed by atoms with Crippen LogP contribution in [-0.2, 0) is 14.8 Å². The van der Waals surface area contributed by atoms with E-state index in [0.717, 1.165) is 12.8 Å². The molecule has 0 spiro atoms. The molecular weight excluding hydrogens is 380 g/mol. The van der Waals surface area contributed by atoms with E-state index in [2.05, 4.69) is 18.2 Å². The van der Waals surface area contributed by atoms with Crippen LogP contribution in [-0.4, -0.2) is 49.2 Å². The zero-order chi connectivity index (χ0) is 18.9. The summed E-state index contributed by atoms with van der Waals surface area (Å²) in [7, 11) is -3.59. The van der Waals surface area contributed by atoms with E-state index in [9.17, 15) is 13.2 Å². The van der Waals surface area contributed by atoms with Gasteiger partial charge >= 0.3 is 0 Å². The van der Waals surface area contributed by atoms with Crippen LogP contribution < -0.4 is 0 Å². The minimum absolute atomic E-state index is 0.0732. The van der Waals surface area contributed by atoms with Gasteiger partial charge in [-0.1, -0.05) is 42.5 Å². The maximum absolute atomic E-state index is 13.1. The Balaban J connectivity index is 1.49. The second-order valence-corrected chi connectivity index (χ2v) is 9.90. The monoisotopic (exact) mass is 402 g/mol. The Bertz CT molecular complexity index is 937. The summed E-state index contributed by atoms with van der Waals surface area (Å²) in [6.45, 7) is 1.57. The second kappa shape index (κ2) is 7.58. The largest absolute Gasteiger partial charge is 0.337 e. The standard InChI is InChI=1S/C20H22N2O3S2/c23-20(21-13-10-17(11-14-21)16-6-2-1-3-7-16)18-8-4-12-22(18)27(24,25)19-9-5-15-26-19/h1-3,5-7,9-10,15,18H,4,8,11-14H2. The number of carbonyl (C=O) groups is 1. The molecule has 3 heterocycles. The molecule has 1 unspecified atom stereocenters. The minimum Gasteiger partial charge on any atom is -0.337 e. The van der Waals surface area contributed by atoms with Crippen molar-refractivity contribution in [1.29, 1.82) is 0 Å². The van der Waals surface area contributed by atoms with Gasteiger partial charge in [0.15, 0.2) is 0 Å². The first-order valence-electron chi connectivity index (χ1n) is 9.16. The molecule has 2 aliphatic heterocycles. The number of amides is 1. The molecule has 1 atom stereocenters. The first-order chi connectivity index (χ1) is 13.1. The second-order valence-electron chi connectivity index (χ2n) is 6.84. The molecule has 1 amide bonds. The number of nitrogens with zero attached hydrogens (tertiary/aromatic N) is 2. The Morgan fingerprint density at radius 2 is 1.89 bits per heavy atom. The van der Waals surface area contributed by atoms with E-state index in [4.69, 9.17) is 0 Å². The summed E-state index contributed by atoms with van der Waals surface area (Å²) in [4.78, 5) is 14.9. The van der Waals surface area contributed by atoms with Gasteiger partial charge in [0.05, 0.1) is 0 Å². The van der Waals surface area contributed by atoms with Crippen LogP contribution in [0.4, 0.5) is 0 Å². The number of rotatable bonds is 4. The van der Waals surface area contributed by atoms with E-state index in [1.165, 1.54) is 26.8 Å². The van der Waals surface area contributed by atoms with Gasteiger partial charge < -0.3 is 4.90 Å². The first kappa shape index (κ1) is 18.4. The minimum atomic E-state index is -3.59. The maximum atomic E-state index is 13.1. The van der Waals surface area contributed by atoms with E-state index < -0.39 is 16.1 Å². The van der Waals surface area contributed by atoms with Crippen LogP contribution in [0.2, 0.25) is 0 Å². The number of thiophene rings is 1. The van der Waals surface area contributed by atoms with Crippen LogP contribution in [0, 0.1) is 0 Å². The van der Waals surface area contributed by atoms with Crippen LogP contribution >= 0.6 is 11.3 Å². The lowest BCUT2D eigenvalue weighted by Gasteiger charge is -2.31. The Kier molecular flexibility index (Phi) is 5.16. The maximum Gasteiger partial charge on any atom is 0.253 e. The molecule has 0 aliphatic carbocycles. The molecule has 7 heteroatoms. The lowest BCUT2D eigenvalue weighted by atomic mass is 9.99. The van der Waals surface area contributed by atoms with Crippen molar-refractivity contribution in [2.75, 3.05) is 19.6 Å². The number of carbonyl (C=O) groups excluding carboxylic acids is 1. The van der Waals surface area contributed by atoms with E-state index in [1.807, 2.05) is 18.2 Å². The van der Waals surface area contributed by atoms with Gasteiger partial charge in [0.2, 0.25) is 5.91 Å². The van der Waals surface area contributed by atoms with Gasteiger partial charge in [-0.3, -0.25) is 4.79 Å². The Morgan fingerprint density at radius 3 is 2.56 bits per heavy atom. The molecule has 142 valence electrons. The molecule has 0 bridgehead atoms. The molecule has 0 N–H and O–H groups in total. The first-order valence-corrected chi connectivity index (χ1v) is 11.5. The van der Waals surface area contributed by atoms with Crippen molar-refractivity contribution >= 4 is 32.8 Å². The molecule has 1 fully saturated rings. The molecule has 2 aromatic rings. The fourth-order valence-corrected chi connectivity index (χ4v) is 6.57. The van der Waals surface area contributed by atoms with Gasteiger partial charge in [-0.25, -0.2) is 8.42 Å². The van der Waals surface area contributed by atoms with Crippen LogP contribution in [0.25, 0.3) is 5.57 Å². The van der Waals surface area contributed by atoms with Crippen molar-refractivity contribution in [3.05, 3.63) is 59.5 Å². The topological polar surface area (TPSA) is 57.7 Å². The molecule has 0 radical (unpaired) electrons. The smallest absolute Gasteiger partial charge is 0.253 e. The highest BCUT2D eigenvalue weighted by atomic mass is 32.2. The Morgan fingerprint density at radius 1 is 1.07 bits per heavy atom. The van der Waals surface area contributed by atoms with Crippen molar-refractivity contribution in [3.63, 3.8) is 0 Å². The van der Waals surface area contributed by atoms with Crippen molar-refractivity contribution in [1.82, 2.24) is 9.21 Å². The summed E-state index contributed by atoms with van der Waals surface area (Å²) in [5, 5.41) is 1.75. The quantitative estimate of drug-likeness (QED) is 0.789. The zero-order valence-corrected chi connectivity index (χ0v) is 16.6. The highest BCUT2D eigenvalue weighted by Gasteiger charge is 2.41. The summed E-state index contributed by atoms with van der Waals surface area (Å²) in [6, 6.07) is 12.9. The number of hydrogen-bond acceptors (Lipinski definition) is 4. The van der Waals surface area contributed by atoms with E-state index in [1.54, 1.807) is 22.4 Å². The number of hydrogen-bond donors (Lipinski definition) is 0. The summed E-state index contributed by atoms with van der Waals surface area (Å²) < 4.78 is 27.5. The predicted molar refractivity (Wildman–Crippen MR) is 107 cm³/mol. The van der Waals surface area contributed by atoms with Crippen LogP contribution in [0.5, 0.6) is 0 Å². The van der Waals surface area contributed by atoms with E-state index in [-0.39, 0.29) is 5.91 Å². The van der Waals surface area contributed by atoms with Crippen molar-refractivity contribution in [3.8, 4) is 0 Å². The molecule has 1 aromatic carbocycles. The summed E-state index contributed by atoms with van der Waals surface area (Å²) in [5.74, 6) is -0.0732. The molecule has 0 saturated carbocycles. The summed E-state index contributed by atoms with van der Waals surface area (Å²) in [5.41, 5.74) is 2.43. The third kappa shape index (κ3) is 3.59. The van der Waals surface area contributed by atoms with Gasteiger partial charge in [-0.2, -0.15) is 4.31 Å². The van der Waals surface area contributed by atoms with Gasteiger partial charge in [0.1, 0.15) is 10.3 Å². The predicted octanol–water partition coefficient (Wildman–Crippen LogP) is 3.22. The molecular formula is C20H22N2O3S2. The van der Waals surface area contributed by atoms with Gasteiger partial charge in [0, 0.05) is 19.6 Å². The number of sulfonamides is 1. The Hall–Kier alpha value is -1.96. The molecule has 1 aromatic heterocycles. The number of benzene rings is 1. The van der Waals surface area contributed by atoms with Crippen molar-refractivity contribution in [2.24, 2.45) is 0 Å². The lowest BCUT2D eigenvalue weighted by molar-refractivity contribution is -0.134. The van der Waals surface area contributed by atoms with Gasteiger partial charge in [-0.15, -0.1) is 11.3 Å². The third-order valence-electron chi connectivity index (χ3n) is 5.21. The van der Waals surface area contributed by atoms with Crippen LogP contribution in [0.3, 0.4) is 0 Å². The normalized spacial score (nSPS) is 21.3. The third-order valence-corrected chi connectivity index (χ3v) is 8.49. The summed E-state index contributed by atoms with van der Waals surface area (Å²) >= 11 is 1.20. The van der Waals surface area contributed by atoms with Crippen LogP contribution in [0.1, 0.15) is 24.8 Å². The highest BCUT2D eigenvalue weighted by Crippen LogP contribution is 2.30. The molecule has 5 nitrogen and oxygen atoms in total. The van der Waals surface area contributed by atoms with E-state index in [0.29, 0.717) is 30.3 Å². The Labute approximate surface area is 164 Å². The molecule has 2 aliphatic rings. The SMILES string of the molecule is O=C(C1CCCN1S(=O)(=O)c1cccs1)N1CC=C(c2ccccc2)CC1. The average molecular weight is 403 g/mol. The zero-order valence-electron chi connectivity index (χ0n) is 15.0. The van der Waals surface area contributed by atoms with Gasteiger partial charge in [0.25, 0.3) is 10.0 Å². The van der Waals surface area contributed by atoms with Crippen molar-refractivity contribution in [2.45, 2.75) is 29.5 Å². The molecule has 27 heavy (non-hydrogen) atoms. The molecule has 4 rings (SSSR count). The van der Waals surface area contributed by atoms with Gasteiger partial charge in [-0.05, 0) is 41.8 Å². The fraction of sp³-hybridized carbons (Fsp3) is 0.350. The molecule has 1 saturated heterocycles. The fourth-order valence-electron chi connectivity index (χ4n) is 3.79. The van der Waals surface area contributed by atoms with E-state index >= 15 is 0 Å². The van der Waals surface area contributed by atoms with Crippen LogP contribution in [0.15, 0.2) is 58.1 Å². The average Bonchev–Trinajstić information content (AvgIpc) is 3.41. The highest BCUT2D eigenvalue weighted by molar-refractivity contribution is 7.91.